The predicted octanol–water partition coefficient (Wildman–Crippen LogP) is 0.850. The highest BCUT2D eigenvalue weighted by Crippen LogP contribution is 2.12. The summed E-state index contributed by atoms with van der Waals surface area (Å²) in [6.07, 6.45) is 0.921. The fourth-order valence-corrected chi connectivity index (χ4v) is 2.15. The van der Waals surface area contributed by atoms with Gasteiger partial charge in [-0.3, -0.25) is 9.36 Å². The number of hydrogen-bond donors (Lipinski definition) is 3. The Labute approximate surface area is 149 Å². The van der Waals surface area contributed by atoms with Gasteiger partial charge in [0.2, 0.25) is 0 Å². The highest BCUT2D eigenvalue weighted by atomic mass is 16.6. The second-order valence-electron chi connectivity index (χ2n) is 6.62. The summed E-state index contributed by atoms with van der Waals surface area (Å²) in [6.45, 7) is 5.67. The van der Waals surface area contributed by atoms with E-state index >= 15 is 0 Å². The number of alkyl carbamates (subject to hydrolysis) is 1. The lowest BCUT2D eigenvalue weighted by Crippen LogP contribution is -2.34. The van der Waals surface area contributed by atoms with Crippen LogP contribution < -0.4 is 11.0 Å². The molecular weight excluding hydrogens is 344 g/mol. The molecule has 0 fully saturated rings. The van der Waals surface area contributed by atoms with Gasteiger partial charge in [-0.05, 0) is 26.8 Å². The van der Waals surface area contributed by atoms with Crippen LogP contribution in [-0.4, -0.2) is 50.5 Å². The summed E-state index contributed by atoms with van der Waals surface area (Å²) in [5.74, 6) is -1.12. The van der Waals surface area contributed by atoms with E-state index in [2.05, 4.69) is 15.3 Å². The second-order valence-corrected chi connectivity index (χ2v) is 6.62. The van der Waals surface area contributed by atoms with Crippen molar-refractivity contribution in [3.8, 4) is 0 Å². The van der Waals surface area contributed by atoms with Crippen molar-refractivity contribution >= 4 is 23.1 Å². The molecule has 0 aromatic carbocycles. The van der Waals surface area contributed by atoms with E-state index in [1.807, 2.05) is 0 Å². The Morgan fingerprint density at radius 2 is 2.12 bits per heavy atom. The highest BCUT2D eigenvalue weighted by Gasteiger charge is 2.15. The molecule has 10 heteroatoms. The number of aromatic nitrogens is 3. The highest BCUT2D eigenvalue weighted by molar-refractivity contribution is 5.75. The molecule has 0 aliphatic carbocycles. The van der Waals surface area contributed by atoms with Gasteiger partial charge in [-0.25, -0.2) is 9.59 Å². The van der Waals surface area contributed by atoms with Gasteiger partial charge in [-0.15, -0.1) is 0 Å². The number of aliphatic carboxylic acids is 1. The number of nitrogens with zero attached hydrogens (tertiary/aromatic N) is 2. The number of carbonyl (C=O) groups is 2. The average molecular weight is 366 g/mol. The maximum Gasteiger partial charge on any atom is 0.407 e. The van der Waals surface area contributed by atoms with E-state index in [1.165, 1.54) is 6.20 Å². The zero-order valence-corrected chi connectivity index (χ0v) is 14.9. The van der Waals surface area contributed by atoms with Crippen LogP contribution in [0.4, 0.5) is 4.79 Å². The molecule has 26 heavy (non-hydrogen) atoms. The molecule has 2 aromatic rings. The molecular formula is C16H22N4O6. The Bertz CT molecular complexity index is 849. The first-order valence-corrected chi connectivity index (χ1v) is 7.99. The lowest BCUT2D eigenvalue weighted by molar-refractivity contribution is -0.137. The summed E-state index contributed by atoms with van der Waals surface area (Å²) in [6, 6.07) is 1.72. The van der Waals surface area contributed by atoms with Gasteiger partial charge in [-0.1, -0.05) is 0 Å². The first-order valence-electron chi connectivity index (χ1n) is 7.99. The van der Waals surface area contributed by atoms with Crippen molar-refractivity contribution in [2.75, 3.05) is 13.2 Å². The van der Waals surface area contributed by atoms with Crippen LogP contribution >= 0.6 is 0 Å². The molecule has 10 nitrogen and oxygen atoms in total. The van der Waals surface area contributed by atoms with Crippen LogP contribution in [-0.2, 0) is 27.4 Å². The topological polar surface area (TPSA) is 136 Å². The molecule has 142 valence electrons. The summed E-state index contributed by atoms with van der Waals surface area (Å²) in [5, 5.41) is 12.0. The van der Waals surface area contributed by atoms with E-state index in [1.54, 1.807) is 26.8 Å². The van der Waals surface area contributed by atoms with Crippen molar-refractivity contribution < 1.29 is 24.2 Å². The Hall–Kier alpha value is -2.88. The maximum atomic E-state index is 11.7. The standard InChI is InChI=1S/C16H22N4O6/c1-16(2,3)26-15(24)17-4-5-25-9-11-6-10-7-20(8-12(21)22)14(23)19-13(10)18-11/h6-7H,4-5,8-9H2,1-3H3,(H,17,24)(H,21,22)(H,18,19,23). The third-order valence-corrected chi connectivity index (χ3v) is 3.11. The molecule has 2 heterocycles. The molecule has 0 bridgehead atoms. The van der Waals surface area contributed by atoms with Crippen molar-refractivity contribution in [1.29, 1.82) is 0 Å². The molecule has 3 N–H and O–H groups in total. The number of hydrogen-bond acceptors (Lipinski definition) is 6. The average Bonchev–Trinajstić information content (AvgIpc) is 2.86. The molecule has 0 unspecified atom stereocenters. The van der Waals surface area contributed by atoms with Crippen LogP contribution in [0.25, 0.3) is 11.0 Å². The number of fused-ring (bicyclic) bond motifs is 1. The van der Waals surface area contributed by atoms with Crippen LogP contribution in [0, 0.1) is 0 Å². The molecule has 0 radical (unpaired) electrons. The summed E-state index contributed by atoms with van der Waals surface area (Å²) in [7, 11) is 0. The third kappa shape index (κ3) is 5.88. The number of carbonyl (C=O) groups excluding carboxylic acids is 1. The van der Waals surface area contributed by atoms with Crippen LogP contribution in [0.15, 0.2) is 17.1 Å². The lowest BCUT2D eigenvalue weighted by Gasteiger charge is -2.19. The SMILES string of the molecule is CC(C)(C)OC(=O)NCCOCc1cc2cn(CC(=O)O)c(=O)nc2[nH]1. The zero-order chi connectivity index (χ0) is 19.3. The Kier molecular flexibility index (Phi) is 5.98. The van der Waals surface area contributed by atoms with Gasteiger partial charge >= 0.3 is 17.8 Å². The van der Waals surface area contributed by atoms with Crippen molar-refractivity contribution in [2.24, 2.45) is 0 Å². The fraction of sp³-hybridized carbons (Fsp3) is 0.500. The fourth-order valence-electron chi connectivity index (χ4n) is 2.15. The third-order valence-electron chi connectivity index (χ3n) is 3.11. The summed E-state index contributed by atoms with van der Waals surface area (Å²) in [4.78, 5) is 40.7. The molecule has 2 aromatic heterocycles. The van der Waals surface area contributed by atoms with E-state index < -0.39 is 29.9 Å². The van der Waals surface area contributed by atoms with Gasteiger partial charge in [0.25, 0.3) is 0 Å². The lowest BCUT2D eigenvalue weighted by atomic mass is 10.2. The minimum atomic E-state index is -1.12. The van der Waals surface area contributed by atoms with E-state index in [0.29, 0.717) is 16.7 Å². The van der Waals surface area contributed by atoms with Crippen LogP contribution in [0.5, 0.6) is 0 Å². The van der Waals surface area contributed by atoms with Crippen molar-refractivity contribution in [2.45, 2.75) is 39.5 Å². The summed E-state index contributed by atoms with van der Waals surface area (Å²) in [5.41, 5.74) is -0.157. The molecule has 0 aliphatic heterocycles. The van der Waals surface area contributed by atoms with Crippen molar-refractivity contribution in [3.63, 3.8) is 0 Å². The maximum absolute atomic E-state index is 11.7. The largest absolute Gasteiger partial charge is 0.480 e. The Balaban J connectivity index is 1.85. The number of carboxylic acids is 1. The molecule has 1 amide bonds. The second kappa shape index (κ2) is 8.00. The molecule has 0 saturated heterocycles. The molecule has 0 spiro atoms. The van der Waals surface area contributed by atoms with E-state index in [4.69, 9.17) is 14.6 Å². The summed E-state index contributed by atoms with van der Waals surface area (Å²) < 4.78 is 11.6. The predicted molar refractivity (Wildman–Crippen MR) is 91.9 cm³/mol. The minimum absolute atomic E-state index is 0.222. The smallest absolute Gasteiger partial charge is 0.407 e. The molecule has 2 rings (SSSR count). The quantitative estimate of drug-likeness (QED) is 0.618. The van der Waals surface area contributed by atoms with Crippen LogP contribution in [0.3, 0.4) is 0 Å². The number of aromatic amines is 1. The monoisotopic (exact) mass is 366 g/mol. The van der Waals surface area contributed by atoms with Gasteiger partial charge in [0.05, 0.1) is 13.2 Å². The molecule has 0 aliphatic rings. The number of amides is 1. The van der Waals surface area contributed by atoms with Gasteiger partial charge in [0.1, 0.15) is 17.8 Å². The van der Waals surface area contributed by atoms with E-state index in [-0.39, 0.29) is 19.8 Å². The minimum Gasteiger partial charge on any atom is -0.480 e. The van der Waals surface area contributed by atoms with Crippen LogP contribution in [0.2, 0.25) is 0 Å². The first kappa shape index (κ1) is 19.4. The number of nitrogens with one attached hydrogen (secondary N) is 2. The molecule has 0 atom stereocenters. The van der Waals surface area contributed by atoms with Crippen molar-refractivity contribution in [1.82, 2.24) is 19.9 Å². The van der Waals surface area contributed by atoms with Crippen LogP contribution in [0.1, 0.15) is 26.5 Å². The van der Waals surface area contributed by atoms with E-state index in [9.17, 15) is 14.4 Å². The number of carboxylic acid groups (broad SMARTS) is 1. The van der Waals surface area contributed by atoms with Gasteiger partial charge in [0.15, 0.2) is 0 Å². The molecule has 0 saturated carbocycles. The van der Waals surface area contributed by atoms with Gasteiger partial charge < -0.3 is 24.9 Å². The Morgan fingerprint density at radius 3 is 2.77 bits per heavy atom. The normalized spacial score (nSPS) is 11.5. The summed E-state index contributed by atoms with van der Waals surface area (Å²) >= 11 is 0. The Morgan fingerprint density at radius 1 is 1.38 bits per heavy atom. The number of rotatable bonds is 7. The zero-order valence-electron chi connectivity index (χ0n) is 14.9. The van der Waals surface area contributed by atoms with Gasteiger partial charge in [-0.2, -0.15) is 4.98 Å². The number of ether oxygens (including phenoxy) is 2. The van der Waals surface area contributed by atoms with Gasteiger partial charge in [0, 0.05) is 23.8 Å². The van der Waals surface area contributed by atoms with Crippen molar-refractivity contribution in [3.05, 3.63) is 28.4 Å². The number of H-pyrrole nitrogens is 1. The van der Waals surface area contributed by atoms with E-state index in [0.717, 1.165) is 4.57 Å². The first-order chi connectivity index (χ1) is 12.1.